The van der Waals surface area contributed by atoms with Crippen LogP contribution >= 0.6 is 11.3 Å². The molecule has 2 aromatic rings. The van der Waals surface area contributed by atoms with Gasteiger partial charge in [-0.05, 0) is 12.3 Å². The summed E-state index contributed by atoms with van der Waals surface area (Å²) >= 11 is 1.79. The molecule has 3 heteroatoms. The summed E-state index contributed by atoms with van der Waals surface area (Å²) in [6.45, 7) is 6.52. The van der Waals surface area contributed by atoms with Crippen molar-refractivity contribution in [2.45, 2.75) is 33.1 Å². The molecule has 2 aromatic heterocycles. The predicted octanol–water partition coefficient (Wildman–Crippen LogP) is 3.08. The van der Waals surface area contributed by atoms with Crippen LogP contribution in [0.4, 0.5) is 0 Å². The van der Waals surface area contributed by atoms with Crippen LogP contribution in [0.2, 0.25) is 0 Å². The Bertz CT molecular complexity index is 380. The van der Waals surface area contributed by atoms with Crippen LogP contribution in [0.15, 0.2) is 12.4 Å². The van der Waals surface area contributed by atoms with Crippen molar-refractivity contribution in [2.75, 3.05) is 0 Å². The molecule has 70 valence electrons. The van der Waals surface area contributed by atoms with Gasteiger partial charge in [-0.3, -0.25) is 4.40 Å². The summed E-state index contributed by atoms with van der Waals surface area (Å²) in [5.74, 6) is 0.525. The van der Waals surface area contributed by atoms with E-state index in [-0.39, 0.29) is 0 Å². The first-order valence-electron chi connectivity index (χ1n) is 4.68. The average molecular weight is 194 g/mol. The number of rotatable bonds is 2. The highest BCUT2D eigenvalue weighted by Crippen LogP contribution is 2.21. The lowest BCUT2D eigenvalue weighted by atomic mass is 10.2. The van der Waals surface area contributed by atoms with E-state index in [1.165, 1.54) is 10.6 Å². The number of aromatic nitrogens is 2. The molecule has 0 amide bonds. The summed E-state index contributed by atoms with van der Waals surface area (Å²) in [4.78, 5) is 7.09. The Hall–Kier alpha value is -0.830. The number of hydrogen-bond donors (Lipinski definition) is 0. The quantitative estimate of drug-likeness (QED) is 0.718. The molecule has 0 saturated heterocycles. The van der Waals surface area contributed by atoms with Crippen molar-refractivity contribution in [3.05, 3.63) is 23.0 Å². The molecule has 2 nitrogen and oxygen atoms in total. The zero-order valence-electron chi connectivity index (χ0n) is 8.24. The molecule has 2 rings (SSSR count). The van der Waals surface area contributed by atoms with Gasteiger partial charge in [-0.1, -0.05) is 20.8 Å². The van der Waals surface area contributed by atoms with E-state index in [0.29, 0.717) is 5.92 Å². The minimum atomic E-state index is 0.525. The molecule has 13 heavy (non-hydrogen) atoms. The van der Waals surface area contributed by atoms with Crippen LogP contribution in [-0.2, 0) is 6.42 Å². The normalized spacial score (nSPS) is 11.7. The van der Waals surface area contributed by atoms with Crippen LogP contribution in [0.1, 0.15) is 37.3 Å². The van der Waals surface area contributed by atoms with Gasteiger partial charge in [0, 0.05) is 17.3 Å². The van der Waals surface area contributed by atoms with Crippen molar-refractivity contribution in [3.63, 3.8) is 0 Å². The highest BCUT2D eigenvalue weighted by atomic mass is 32.1. The van der Waals surface area contributed by atoms with Crippen molar-refractivity contribution in [1.82, 2.24) is 9.38 Å². The largest absolute Gasteiger partial charge is 0.297 e. The zero-order chi connectivity index (χ0) is 9.42. The van der Waals surface area contributed by atoms with Gasteiger partial charge in [-0.2, -0.15) is 0 Å². The first kappa shape index (κ1) is 8.75. The van der Waals surface area contributed by atoms with E-state index in [9.17, 15) is 0 Å². The highest BCUT2D eigenvalue weighted by Gasteiger charge is 2.07. The van der Waals surface area contributed by atoms with Gasteiger partial charge in [0.1, 0.15) is 0 Å². The molecule has 0 bridgehead atoms. The molecule has 0 aromatic carbocycles. The average Bonchev–Trinajstić information content (AvgIpc) is 2.58. The summed E-state index contributed by atoms with van der Waals surface area (Å²) in [5, 5.41) is 0. The second-order valence-corrected chi connectivity index (χ2v) is 4.65. The number of nitrogens with zero attached hydrogens (tertiary/aromatic N) is 2. The maximum Gasteiger partial charge on any atom is 0.194 e. The van der Waals surface area contributed by atoms with Gasteiger partial charge in [-0.15, -0.1) is 11.3 Å². The van der Waals surface area contributed by atoms with Gasteiger partial charge in [0.05, 0.1) is 5.69 Å². The van der Waals surface area contributed by atoms with E-state index in [0.717, 1.165) is 11.4 Å². The van der Waals surface area contributed by atoms with E-state index in [4.69, 9.17) is 0 Å². The smallest absolute Gasteiger partial charge is 0.194 e. The summed E-state index contributed by atoms with van der Waals surface area (Å²) in [6.07, 6.45) is 5.42. The van der Waals surface area contributed by atoms with Crippen molar-refractivity contribution in [1.29, 1.82) is 0 Å². The number of hydrogen-bond acceptors (Lipinski definition) is 2. The molecular weight excluding hydrogens is 180 g/mol. The molecule has 0 aliphatic heterocycles. The van der Waals surface area contributed by atoms with Crippen molar-refractivity contribution in [2.24, 2.45) is 0 Å². The Morgan fingerprint density at radius 3 is 2.77 bits per heavy atom. The maximum atomic E-state index is 4.56. The molecule has 0 saturated carbocycles. The monoisotopic (exact) mass is 194 g/mol. The van der Waals surface area contributed by atoms with Crippen LogP contribution in [0.25, 0.3) is 4.96 Å². The van der Waals surface area contributed by atoms with Gasteiger partial charge in [0.15, 0.2) is 4.96 Å². The SMILES string of the molecule is CCc1cn2cc(C(C)C)nc2s1. The Morgan fingerprint density at radius 2 is 2.23 bits per heavy atom. The van der Waals surface area contributed by atoms with Gasteiger partial charge in [-0.25, -0.2) is 4.98 Å². The van der Waals surface area contributed by atoms with E-state index >= 15 is 0 Å². The summed E-state index contributed by atoms with van der Waals surface area (Å²) < 4.78 is 2.14. The minimum Gasteiger partial charge on any atom is -0.297 e. The van der Waals surface area contributed by atoms with Crippen LogP contribution in [0, 0.1) is 0 Å². The van der Waals surface area contributed by atoms with Crippen LogP contribution in [0.3, 0.4) is 0 Å². The third-order valence-corrected chi connectivity index (χ3v) is 3.30. The van der Waals surface area contributed by atoms with Gasteiger partial charge >= 0.3 is 0 Å². The minimum absolute atomic E-state index is 0.525. The fourth-order valence-electron chi connectivity index (χ4n) is 1.30. The first-order valence-corrected chi connectivity index (χ1v) is 5.49. The second-order valence-electron chi connectivity index (χ2n) is 3.56. The van der Waals surface area contributed by atoms with Crippen molar-refractivity contribution >= 4 is 16.3 Å². The Kier molecular flexibility index (Phi) is 2.12. The lowest BCUT2D eigenvalue weighted by Gasteiger charge is -1.95. The number of imidazole rings is 1. The van der Waals surface area contributed by atoms with E-state index in [1.807, 2.05) is 0 Å². The third kappa shape index (κ3) is 1.48. The summed E-state index contributed by atoms with van der Waals surface area (Å²) in [7, 11) is 0. The molecule has 0 atom stereocenters. The van der Waals surface area contributed by atoms with Gasteiger partial charge in [0.2, 0.25) is 0 Å². The number of fused-ring (bicyclic) bond motifs is 1. The summed E-state index contributed by atoms with van der Waals surface area (Å²) in [6, 6.07) is 0. The Labute approximate surface area is 82.2 Å². The van der Waals surface area contributed by atoms with Crippen LogP contribution in [-0.4, -0.2) is 9.38 Å². The lowest BCUT2D eigenvalue weighted by Crippen LogP contribution is -1.85. The summed E-state index contributed by atoms with van der Waals surface area (Å²) in [5.41, 5.74) is 1.19. The van der Waals surface area contributed by atoms with Crippen LogP contribution in [0.5, 0.6) is 0 Å². The molecule has 0 fully saturated rings. The molecule has 0 unspecified atom stereocenters. The Balaban J connectivity index is 2.48. The molecule has 0 radical (unpaired) electrons. The topological polar surface area (TPSA) is 17.3 Å². The predicted molar refractivity (Wildman–Crippen MR) is 56.5 cm³/mol. The third-order valence-electron chi connectivity index (χ3n) is 2.16. The Morgan fingerprint density at radius 1 is 1.46 bits per heavy atom. The van der Waals surface area contributed by atoms with E-state index in [2.05, 4.69) is 42.5 Å². The molecule has 0 aliphatic carbocycles. The number of aryl methyl sites for hydroxylation is 1. The van der Waals surface area contributed by atoms with Gasteiger partial charge in [0.25, 0.3) is 0 Å². The highest BCUT2D eigenvalue weighted by molar-refractivity contribution is 7.17. The fourth-order valence-corrected chi connectivity index (χ4v) is 2.21. The maximum absolute atomic E-state index is 4.56. The lowest BCUT2D eigenvalue weighted by molar-refractivity contribution is 0.834. The van der Waals surface area contributed by atoms with E-state index < -0.39 is 0 Å². The van der Waals surface area contributed by atoms with Gasteiger partial charge < -0.3 is 0 Å². The molecule has 2 heterocycles. The molecule has 0 aliphatic rings. The standard InChI is InChI=1S/C10H14N2S/c1-4-8-5-12-6-9(7(2)3)11-10(12)13-8/h5-7H,4H2,1-3H3. The number of thiazole rings is 1. The first-order chi connectivity index (χ1) is 6.20. The van der Waals surface area contributed by atoms with Crippen molar-refractivity contribution in [3.8, 4) is 0 Å². The van der Waals surface area contributed by atoms with E-state index in [1.54, 1.807) is 11.3 Å². The molecule has 0 N–H and O–H groups in total. The molecular formula is C10H14N2S. The zero-order valence-corrected chi connectivity index (χ0v) is 9.06. The van der Waals surface area contributed by atoms with Crippen molar-refractivity contribution < 1.29 is 0 Å². The fraction of sp³-hybridized carbons (Fsp3) is 0.500. The second kappa shape index (κ2) is 3.14. The van der Waals surface area contributed by atoms with Crippen LogP contribution < -0.4 is 0 Å². The molecule has 0 spiro atoms.